The monoisotopic (exact) mass is 238 g/mol. The summed E-state index contributed by atoms with van der Waals surface area (Å²) in [5.41, 5.74) is -0.136. The molecule has 2 rings (SSSR count). The highest BCUT2D eigenvalue weighted by Crippen LogP contribution is 2.19. The van der Waals surface area contributed by atoms with Crippen LogP contribution in [0.5, 0.6) is 0 Å². The Balaban J connectivity index is 2.04. The second-order valence-electron chi connectivity index (χ2n) is 5.80. The van der Waals surface area contributed by atoms with E-state index in [1.807, 2.05) is 20.0 Å². The Morgan fingerprint density at radius 3 is 2.82 bits per heavy atom. The third kappa shape index (κ3) is 3.31. The van der Waals surface area contributed by atoms with Crippen molar-refractivity contribution in [2.75, 3.05) is 6.61 Å². The molecule has 0 amide bonds. The summed E-state index contributed by atoms with van der Waals surface area (Å²) in [7, 11) is -0.347. The van der Waals surface area contributed by atoms with Gasteiger partial charge in [-0.2, -0.15) is 5.10 Å². The van der Waals surface area contributed by atoms with Gasteiger partial charge in [-0.05, 0) is 27.7 Å². The maximum Gasteiger partial charge on any atom is 0.497 e. The lowest BCUT2D eigenvalue weighted by atomic mass is 9.82. The molecule has 0 unspecified atom stereocenters. The van der Waals surface area contributed by atoms with Crippen LogP contribution in [-0.4, -0.2) is 39.8 Å². The van der Waals surface area contributed by atoms with Crippen LogP contribution in [0.4, 0.5) is 0 Å². The Morgan fingerprint density at radius 1 is 1.59 bits per heavy atom. The molecular formula is C11H19BN2O3. The third-order valence-corrected chi connectivity index (χ3v) is 2.48. The van der Waals surface area contributed by atoms with E-state index in [2.05, 4.69) is 5.10 Å². The first kappa shape index (κ1) is 12.6. The first-order valence-electron chi connectivity index (χ1n) is 5.79. The second kappa shape index (κ2) is 4.12. The van der Waals surface area contributed by atoms with E-state index in [0.717, 1.165) is 5.46 Å². The van der Waals surface area contributed by atoms with Gasteiger partial charge in [-0.1, -0.05) is 0 Å². The third-order valence-electron chi connectivity index (χ3n) is 2.48. The fourth-order valence-electron chi connectivity index (χ4n) is 1.78. The molecule has 1 aliphatic rings. The van der Waals surface area contributed by atoms with Gasteiger partial charge in [0.05, 0.1) is 24.4 Å². The molecule has 0 aromatic carbocycles. The molecule has 17 heavy (non-hydrogen) atoms. The molecule has 6 heteroatoms. The van der Waals surface area contributed by atoms with Gasteiger partial charge in [0, 0.05) is 17.9 Å². The van der Waals surface area contributed by atoms with Gasteiger partial charge >= 0.3 is 7.12 Å². The average Bonchev–Trinajstić information content (AvgIpc) is 2.69. The van der Waals surface area contributed by atoms with E-state index in [-0.39, 0.29) is 12.7 Å². The lowest BCUT2D eigenvalue weighted by Crippen LogP contribution is -2.34. The predicted octanol–water partition coefficient (Wildman–Crippen LogP) is 0.175. The van der Waals surface area contributed by atoms with Crippen molar-refractivity contribution in [3.8, 4) is 0 Å². The lowest BCUT2D eigenvalue weighted by Gasteiger charge is -2.16. The van der Waals surface area contributed by atoms with E-state index in [9.17, 15) is 5.11 Å². The summed E-state index contributed by atoms with van der Waals surface area (Å²) in [6, 6.07) is 0. The summed E-state index contributed by atoms with van der Waals surface area (Å²) in [6.45, 7) is 8.51. The van der Waals surface area contributed by atoms with E-state index >= 15 is 0 Å². The summed E-state index contributed by atoms with van der Waals surface area (Å²) in [5, 5.41) is 13.9. The van der Waals surface area contributed by atoms with E-state index in [4.69, 9.17) is 9.31 Å². The van der Waals surface area contributed by atoms with Crippen molar-refractivity contribution in [3.63, 3.8) is 0 Å². The van der Waals surface area contributed by atoms with Crippen molar-refractivity contribution in [1.82, 2.24) is 9.78 Å². The van der Waals surface area contributed by atoms with Crippen LogP contribution in [0.15, 0.2) is 12.4 Å². The van der Waals surface area contributed by atoms with Crippen LogP contribution in [0.3, 0.4) is 0 Å². The molecule has 0 bridgehead atoms. The lowest BCUT2D eigenvalue weighted by molar-refractivity contribution is 0.0577. The molecule has 1 aromatic rings. The molecule has 1 saturated heterocycles. The van der Waals surface area contributed by atoms with Gasteiger partial charge < -0.3 is 14.4 Å². The predicted molar refractivity (Wildman–Crippen MR) is 65.0 cm³/mol. The molecular weight excluding hydrogens is 219 g/mol. The number of aliphatic hydroxyl groups is 1. The summed E-state index contributed by atoms with van der Waals surface area (Å²) < 4.78 is 13.0. The zero-order valence-corrected chi connectivity index (χ0v) is 10.8. The molecule has 5 nitrogen and oxygen atoms in total. The van der Waals surface area contributed by atoms with Crippen LogP contribution in [0, 0.1) is 0 Å². The Bertz CT molecular complexity index is 398. The van der Waals surface area contributed by atoms with Gasteiger partial charge in [0.2, 0.25) is 0 Å². The van der Waals surface area contributed by atoms with Crippen molar-refractivity contribution >= 4 is 12.6 Å². The Kier molecular flexibility index (Phi) is 3.05. The number of hydrogen-bond donors (Lipinski definition) is 1. The second-order valence-corrected chi connectivity index (χ2v) is 5.80. The summed E-state index contributed by atoms with van der Waals surface area (Å²) in [5.74, 6) is 0. The fourth-order valence-corrected chi connectivity index (χ4v) is 1.78. The van der Waals surface area contributed by atoms with Gasteiger partial charge in [0.15, 0.2) is 0 Å². The maximum atomic E-state index is 9.71. The summed E-state index contributed by atoms with van der Waals surface area (Å²) in [4.78, 5) is 0. The topological polar surface area (TPSA) is 56.5 Å². The van der Waals surface area contributed by atoms with Crippen LogP contribution in [0.1, 0.15) is 27.7 Å². The highest BCUT2D eigenvalue weighted by molar-refractivity contribution is 6.61. The smallest absolute Gasteiger partial charge is 0.404 e. The number of aromatic nitrogens is 2. The number of nitrogens with zero attached hydrogens (tertiary/aromatic N) is 2. The summed E-state index contributed by atoms with van der Waals surface area (Å²) >= 11 is 0. The number of hydrogen-bond acceptors (Lipinski definition) is 4. The van der Waals surface area contributed by atoms with Crippen molar-refractivity contribution in [2.45, 2.75) is 45.4 Å². The highest BCUT2D eigenvalue weighted by Gasteiger charge is 2.38. The van der Waals surface area contributed by atoms with Crippen LogP contribution in [0.2, 0.25) is 0 Å². The van der Waals surface area contributed by atoms with E-state index in [1.54, 1.807) is 24.7 Å². The minimum Gasteiger partial charge on any atom is -0.404 e. The molecule has 2 heterocycles. The molecule has 0 radical (unpaired) electrons. The zero-order valence-electron chi connectivity index (χ0n) is 10.8. The Labute approximate surface area is 102 Å². The molecule has 0 aliphatic carbocycles. The molecule has 0 atom stereocenters. The van der Waals surface area contributed by atoms with E-state index in [0.29, 0.717) is 13.2 Å². The average molecular weight is 238 g/mol. The van der Waals surface area contributed by atoms with Crippen molar-refractivity contribution in [2.24, 2.45) is 0 Å². The van der Waals surface area contributed by atoms with Crippen LogP contribution >= 0.6 is 0 Å². The van der Waals surface area contributed by atoms with Gasteiger partial charge in [0.25, 0.3) is 0 Å². The Hall–Kier alpha value is -0.845. The van der Waals surface area contributed by atoms with E-state index < -0.39 is 5.60 Å². The van der Waals surface area contributed by atoms with Crippen LogP contribution in [0.25, 0.3) is 0 Å². The Morgan fingerprint density at radius 2 is 2.29 bits per heavy atom. The molecule has 94 valence electrons. The van der Waals surface area contributed by atoms with Crippen LogP contribution in [-0.2, 0) is 15.9 Å². The molecule has 1 N–H and O–H groups in total. The molecule has 1 fully saturated rings. The summed E-state index contributed by atoms with van der Waals surface area (Å²) in [6.07, 6.45) is 3.57. The largest absolute Gasteiger partial charge is 0.497 e. The first-order valence-corrected chi connectivity index (χ1v) is 5.79. The van der Waals surface area contributed by atoms with Crippen molar-refractivity contribution in [3.05, 3.63) is 12.4 Å². The normalized spacial score (nSPS) is 19.9. The molecule has 1 aromatic heterocycles. The zero-order chi connectivity index (χ0) is 12.7. The molecule has 1 aliphatic heterocycles. The molecule has 0 saturated carbocycles. The highest BCUT2D eigenvalue weighted by atomic mass is 16.7. The first-order chi connectivity index (χ1) is 7.75. The van der Waals surface area contributed by atoms with Crippen molar-refractivity contribution in [1.29, 1.82) is 0 Å². The van der Waals surface area contributed by atoms with Gasteiger partial charge in [-0.25, -0.2) is 0 Å². The minimum atomic E-state index is -0.778. The maximum absolute atomic E-state index is 9.71. The van der Waals surface area contributed by atoms with Gasteiger partial charge in [0.1, 0.15) is 0 Å². The van der Waals surface area contributed by atoms with Gasteiger partial charge in [-0.15, -0.1) is 0 Å². The van der Waals surface area contributed by atoms with Crippen LogP contribution < -0.4 is 5.46 Å². The SMILES string of the molecule is CC(C)(O)Cn1cc(B2OCC(C)(C)O2)cn1. The molecule has 0 spiro atoms. The van der Waals surface area contributed by atoms with E-state index in [1.165, 1.54) is 0 Å². The quantitative estimate of drug-likeness (QED) is 0.763. The fraction of sp³-hybridized carbons (Fsp3) is 0.727. The van der Waals surface area contributed by atoms with Gasteiger partial charge in [-0.3, -0.25) is 4.68 Å². The number of rotatable bonds is 3. The standard InChI is InChI=1S/C11H19BN2O3/c1-10(2,15)7-14-6-9(5-13-14)12-16-8-11(3,4)17-12/h5-6,15H,7-8H2,1-4H3. The minimum absolute atomic E-state index is 0.247. The van der Waals surface area contributed by atoms with Crippen molar-refractivity contribution < 1.29 is 14.4 Å².